The van der Waals surface area contributed by atoms with Crippen molar-refractivity contribution in [1.82, 2.24) is 5.32 Å². The zero-order chi connectivity index (χ0) is 14.5. The Kier molecular flexibility index (Phi) is 5.01. The topological polar surface area (TPSA) is 58.6 Å². The van der Waals surface area contributed by atoms with Crippen LogP contribution >= 0.6 is 0 Å². The van der Waals surface area contributed by atoms with E-state index in [9.17, 15) is 9.90 Å². The standard InChI is InChI=1S/C16H23NO3/c1-11(17-13-6-4-3-5-7-13)12-8-9-15(20-2)14(10-12)16(18)19/h8-11,13,17H,3-7H2,1-2H3,(H,18,19)/t11-/m0/s1. The summed E-state index contributed by atoms with van der Waals surface area (Å²) in [5.41, 5.74) is 1.22. The molecule has 0 amide bonds. The molecule has 4 nitrogen and oxygen atoms in total. The minimum Gasteiger partial charge on any atom is -0.496 e. The molecule has 1 saturated carbocycles. The number of hydrogen-bond donors (Lipinski definition) is 2. The Labute approximate surface area is 120 Å². The van der Waals surface area contributed by atoms with Gasteiger partial charge in [0.05, 0.1) is 7.11 Å². The first-order valence-corrected chi connectivity index (χ1v) is 7.29. The molecule has 1 aliphatic carbocycles. The summed E-state index contributed by atoms with van der Waals surface area (Å²) in [6.07, 6.45) is 6.33. The lowest BCUT2D eigenvalue weighted by Gasteiger charge is -2.27. The zero-order valence-electron chi connectivity index (χ0n) is 12.2. The Morgan fingerprint density at radius 1 is 1.35 bits per heavy atom. The summed E-state index contributed by atoms with van der Waals surface area (Å²) in [6, 6.07) is 6.09. The highest BCUT2D eigenvalue weighted by Gasteiger charge is 2.18. The van der Waals surface area contributed by atoms with Crippen LogP contribution in [0, 0.1) is 0 Å². The second kappa shape index (κ2) is 6.75. The summed E-state index contributed by atoms with van der Waals surface area (Å²) in [4.78, 5) is 11.2. The molecule has 0 saturated heterocycles. The van der Waals surface area contributed by atoms with Gasteiger partial charge >= 0.3 is 5.97 Å². The number of carbonyl (C=O) groups is 1. The van der Waals surface area contributed by atoms with Crippen molar-refractivity contribution in [1.29, 1.82) is 0 Å². The van der Waals surface area contributed by atoms with Gasteiger partial charge in [-0.3, -0.25) is 0 Å². The van der Waals surface area contributed by atoms with Gasteiger partial charge in [0.1, 0.15) is 11.3 Å². The number of carboxylic acid groups (broad SMARTS) is 1. The first-order valence-electron chi connectivity index (χ1n) is 7.29. The molecule has 0 unspecified atom stereocenters. The van der Waals surface area contributed by atoms with Crippen molar-refractivity contribution in [2.75, 3.05) is 7.11 Å². The summed E-state index contributed by atoms with van der Waals surface area (Å²) in [5, 5.41) is 12.8. The van der Waals surface area contributed by atoms with Crippen LogP contribution in [0.3, 0.4) is 0 Å². The molecule has 0 bridgehead atoms. The van der Waals surface area contributed by atoms with Gasteiger partial charge in [-0.25, -0.2) is 4.79 Å². The summed E-state index contributed by atoms with van der Waals surface area (Å²) >= 11 is 0. The third kappa shape index (κ3) is 3.51. The van der Waals surface area contributed by atoms with E-state index in [0.29, 0.717) is 11.8 Å². The maximum atomic E-state index is 11.2. The molecule has 2 N–H and O–H groups in total. The van der Waals surface area contributed by atoms with Gasteiger partial charge in [-0.15, -0.1) is 0 Å². The van der Waals surface area contributed by atoms with E-state index in [2.05, 4.69) is 12.2 Å². The van der Waals surface area contributed by atoms with Crippen LogP contribution in [0.25, 0.3) is 0 Å². The summed E-state index contributed by atoms with van der Waals surface area (Å²) in [7, 11) is 1.49. The molecule has 0 spiro atoms. The number of rotatable bonds is 5. The monoisotopic (exact) mass is 277 g/mol. The van der Waals surface area contributed by atoms with Gasteiger partial charge in [0, 0.05) is 12.1 Å². The smallest absolute Gasteiger partial charge is 0.339 e. The molecule has 0 aliphatic heterocycles. The Balaban J connectivity index is 2.10. The van der Waals surface area contributed by atoms with Crippen LogP contribution in [0.5, 0.6) is 5.75 Å². The van der Waals surface area contributed by atoms with Gasteiger partial charge in [0.15, 0.2) is 0 Å². The average Bonchev–Trinajstić information content (AvgIpc) is 2.47. The van der Waals surface area contributed by atoms with E-state index in [1.54, 1.807) is 12.1 Å². The molecular weight excluding hydrogens is 254 g/mol. The fourth-order valence-electron chi connectivity index (χ4n) is 2.88. The molecule has 1 aliphatic rings. The minimum atomic E-state index is -0.950. The Morgan fingerprint density at radius 3 is 2.65 bits per heavy atom. The Hall–Kier alpha value is -1.55. The van der Waals surface area contributed by atoms with Gasteiger partial charge in [-0.05, 0) is 37.5 Å². The molecule has 1 aromatic carbocycles. The number of hydrogen-bond acceptors (Lipinski definition) is 3. The van der Waals surface area contributed by atoms with E-state index >= 15 is 0 Å². The van der Waals surface area contributed by atoms with E-state index in [1.165, 1.54) is 39.2 Å². The summed E-state index contributed by atoms with van der Waals surface area (Å²) in [5.74, 6) is -0.542. The molecule has 0 aromatic heterocycles. The molecule has 1 aromatic rings. The van der Waals surface area contributed by atoms with Gasteiger partial charge in [0.2, 0.25) is 0 Å². The van der Waals surface area contributed by atoms with Crippen molar-refractivity contribution >= 4 is 5.97 Å². The van der Waals surface area contributed by atoms with Crippen LogP contribution in [-0.4, -0.2) is 24.2 Å². The molecule has 20 heavy (non-hydrogen) atoms. The number of nitrogens with one attached hydrogen (secondary N) is 1. The van der Waals surface area contributed by atoms with Crippen LogP contribution < -0.4 is 10.1 Å². The van der Waals surface area contributed by atoms with Crippen molar-refractivity contribution in [2.45, 2.75) is 51.1 Å². The van der Waals surface area contributed by atoms with Gasteiger partial charge < -0.3 is 15.2 Å². The zero-order valence-corrected chi connectivity index (χ0v) is 12.2. The lowest BCUT2D eigenvalue weighted by atomic mass is 9.94. The van der Waals surface area contributed by atoms with Crippen LogP contribution in [0.2, 0.25) is 0 Å². The number of methoxy groups -OCH3 is 1. The van der Waals surface area contributed by atoms with Crippen molar-refractivity contribution in [2.24, 2.45) is 0 Å². The number of ether oxygens (including phenoxy) is 1. The summed E-state index contributed by atoms with van der Waals surface area (Å²) < 4.78 is 5.09. The molecular formula is C16H23NO3. The average molecular weight is 277 g/mol. The van der Waals surface area contributed by atoms with Crippen molar-refractivity contribution in [3.63, 3.8) is 0 Å². The summed E-state index contributed by atoms with van der Waals surface area (Å²) in [6.45, 7) is 2.09. The highest BCUT2D eigenvalue weighted by atomic mass is 16.5. The highest BCUT2D eigenvalue weighted by molar-refractivity contribution is 5.91. The van der Waals surface area contributed by atoms with E-state index in [-0.39, 0.29) is 11.6 Å². The molecule has 1 atom stereocenters. The van der Waals surface area contributed by atoms with Crippen molar-refractivity contribution < 1.29 is 14.6 Å². The SMILES string of the molecule is COc1ccc([C@H](C)NC2CCCCC2)cc1C(=O)O. The minimum absolute atomic E-state index is 0.155. The van der Waals surface area contributed by atoms with Crippen molar-refractivity contribution in [3.05, 3.63) is 29.3 Å². The van der Waals surface area contributed by atoms with Gasteiger partial charge in [0.25, 0.3) is 0 Å². The van der Waals surface area contributed by atoms with Gasteiger partial charge in [-0.1, -0.05) is 25.3 Å². The normalized spacial score (nSPS) is 17.7. The second-order valence-electron chi connectivity index (χ2n) is 5.49. The highest BCUT2D eigenvalue weighted by Crippen LogP contribution is 2.25. The van der Waals surface area contributed by atoms with Crippen LogP contribution in [0.1, 0.15) is 61.0 Å². The predicted molar refractivity (Wildman–Crippen MR) is 78.4 cm³/mol. The number of carboxylic acids is 1. The van der Waals surface area contributed by atoms with E-state index in [4.69, 9.17) is 4.74 Å². The first-order chi connectivity index (χ1) is 9.61. The molecule has 0 radical (unpaired) electrons. The van der Waals surface area contributed by atoms with E-state index < -0.39 is 5.97 Å². The van der Waals surface area contributed by atoms with E-state index in [1.807, 2.05) is 6.07 Å². The maximum absolute atomic E-state index is 11.2. The second-order valence-corrected chi connectivity index (χ2v) is 5.49. The van der Waals surface area contributed by atoms with E-state index in [0.717, 1.165) is 5.56 Å². The quantitative estimate of drug-likeness (QED) is 0.866. The third-order valence-corrected chi connectivity index (χ3v) is 4.04. The molecule has 4 heteroatoms. The predicted octanol–water partition coefficient (Wildman–Crippen LogP) is 3.38. The van der Waals surface area contributed by atoms with Crippen molar-refractivity contribution in [3.8, 4) is 5.75 Å². The fraction of sp³-hybridized carbons (Fsp3) is 0.562. The molecule has 110 valence electrons. The molecule has 1 fully saturated rings. The fourth-order valence-corrected chi connectivity index (χ4v) is 2.88. The number of benzene rings is 1. The number of aromatic carboxylic acids is 1. The van der Waals surface area contributed by atoms with Crippen LogP contribution in [-0.2, 0) is 0 Å². The Bertz CT molecular complexity index is 467. The Morgan fingerprint density at radius 2 is 2.05 bits per heavy atom. The molecule has 2 rings (SSSR count). The maximum Gasteiger partial charge on any atom is 0.339 e. The first kappa shape index (κ1) is 14.9. The van der Waals surface area contributed by atoms with Crippen LogP contribution in [0.4, 0.5) is 0 Å². The molecule has 0 heterocycles. The van der Waals surface area contributed by atoms with Gasteiger partial charge in [-0.2, -0.15) is 0 Å². The third-order valence-electron chi connectivity index (χ3n) is 4.04. The lowest BCUT2D eigenvalue weighted by molar-refractivity contribution is 0.0693. The largest absolute Gasteiger partial charge is 0.496 e. The van der Waals surface area contributed by atoms with Crippen LogP contribution in [0.15, 0.2) is 18.2 Å². The lowest BCUT2D eigenvalue weighted by Crippen LogP contribution is -2.33.